The van der Waals surface area contributed by atoms with Gasteiger partial charge in [0.15, 0.2) is 0 Å². The maximum absolute atomic E-state index is 13.2. The van der Waals surface area contributed by atoms with Crippen LogP contribution >= 0.6 is 0 Å². The molecule has 0 unspecified atom stereocenters. The molecular formula is C20H23N5O4S. The Morgan fingerprint density at radius 3 is 2.27 bits per heavy atom. The van der Waals surface area contributed by atoms with Gasteiger partial charge >= 0.3 is 0 Å². The van der Waals surface area contributed by atoms with Crippen LogP contribution in [0.25, 0.3) is 5.82 Å². The van der Waals surface area contributed by atoms with Crippen LogP contribution in [0.1, 0.15) is 0 Å². The zero-order chi connectivity index (χ0) is 21.1. The van der Waals surface area contributed by atoms with Crippen LogP contribution in [0.5, 0.6) is 11.5 Å². The summed E-state index contributed by atoms with van der Waals surface area (Å²) in [5, 5.41) is 0. The van der Waals surface area contributed by atoms with Gasteiger partial charge in [-0.1, -0.05) is 0 Å². The highest BCUT2D eigenvalue weighted by Crippen LogP contribution is 2.31. The Bertz CT molecular complexity index is 1110. The molecule has 10 heteroatoms. The molecular weight excluding hydrogens is 406 g/mol. The van der Waals surface area contributed by atoms with Crippen LogP contribution in [-0.4, -0.2) is 67.7 Å². The van der Waals surface area contributed by atoms with Gasteiger partial charge in [0.1, 0.15) is 34.4 Å². The first kappa shape index (κ1) is 20.2. The van der Waals surface area contributed by atoms with Crippen molar-refractivity contribution in [3.8, 4) is 17.3 Å². The topological polar surface area (TPSA) is 89.8 Å². The number of methoxy groups -OCH3 is 2. The maximum atomic E-state index is 13.2. The van der Waals surface area contributed by atoms with Crippen LogP contribution in [-0.2, 0) is 10.0 Å². The molecule has 0 aliphatic carbocycles. The van der Waals surface area contributed by atoms with Crippen molar-refractivity contribution in [1.82, 2.24) is 18.8 Å². The van der Waals surface area contributed by atoms with Crippen LogP contribution in [0.15, 0.2) is 60.0 Å². The van der Waals surface area contributed by atoms with Crippen molar-refractivity contribution in [2.45, 2.75) is 4.90 Å². The van der Waals surface area contributed by atoms with Gasteiger partial charge in [0.05, 0.1) is 14.2 Å². The van der Waals surface area contributed by atoms with E-state index in [4.69, 9.17) is 9.47 Å². The number of rotatable bonds is 6. The quantitative estimate of drug-likeness (QED) is 0.590. The zero-order valence-corrected chi connectivity index (χ0v) is 17.6. The van der Waals surface area contributed by atoms with Crippen molar-refractivity contribution in [1.29, 1.82) is 0 Å². The average Bonchev–Trinajstić information content (AvgIpc) is 3.34. The van der Waals surface area contributed by atoms with E-state index in [1.807, 2.05) is 35.2 Å². The lowest BCUT2D eigenvalue weighted by atomic mass is 10.3. The third kappa shape index (κ3) is 3.83. The van der Waals surface area contributed by atoms with E-state index in [0.717, 1.165) is 11.6 Å². The molecule has 3 heterocycles. The summed E-state index contributed by atoms with van der Waals surface area (Å²) < 4.78 is 40.3. The molecule has 1 aliphatic heterocycles. The Morgan fingerprint density at radius 2 is 1.60 bits per heavy atom. The summed E-state index contributed by atoms with van der Waals surface area (Å²) in [6.07, 6.45) is 5.35. The van der Waals surface area contributed by atoms with Crippen molar-refractivity contribution < 1.29 is 17.9 Å². The summed E-state index contributed by atoms with van der Waals surface area (Å²) in [7, 11) is -0.767. The first-order valence-corrected chi connectivity index (χ1v) is 10.9. The van der Waals surface area contributed by atoms with E-state index in [0.29, 0.717) is 37.7 Å². The summed E-state index contributed by atoms with van der Waals surface area (Å²) in [5.74, 6) is 2.29. The molecule has 0 spiro atoms. The summed E-state index contributed by atoms with van der Waals surface area (Å²) in [4.78, 5) is 10.8. The molecule has 9 nitrogen and oxygen atoms in total. The van der Waals surface area contributed by atoms with Gasteiger partial charge < -0.3 is 18.9 Å². The molecule has 30 heavy (non-hydrogen) atoms. The van der Waals surface area contributed by atoms with Crippen molar-refractivity contribution in [3.63, 3.8) is 0 Å². The van der Waals surface area contributed by atoms with E-state index in [1.165, 1.54) is 30.9 Å². The average molecular weight is 430 g/mol. The molecule has 1 aliphatic rings. The number of nitrogens with zero attached hydrogens (tertiary/aromatic N) is 5. The monoisotopic (exact) mass is 429 g/mol. The molecule has 0 N–H and O–H groups in total. The van der Waals surface area contributed by atoms with Crippen LogP contribution in [0.4, 0.5) is 5.82 Å². The van der Waals surface area contributed by atoms with E-state index in [9.17, 15) is 8.42 Å². The van der Waals surface area contributed by atoms with Crippen molar-refractivity contribution >= 4 is 15.8 Å². The molecule has 1 fully saturated rings. The lowest BCUT2D eigenvalue weighted by molar-refractivity contribution is 0.370. The molecule has 1 saturated heterocycles. The minimum absolute atomic E-state index is 0.106. The molecule has 4 rings (SSSR count). The van der Waals surface area contributed by atoms with Gasteiger partial charge in [0.2, 0.25) is 10.0 Å². The van der Waals surface area contributed by atoms with E-state index in [1.54, 1.807) is 12.1 Å². The van der Waals surface area contributed by atoms with E-state index < -0.39 is 10.0 Å². The predicted octanol–water partition coefficient (Wildman–Crippen LogP) is 1.80. The Labute approximate surface area is 175 Å². The number of sulfonamides is 1. The highest BCUT2D eigenvalue weighted by Gasteiger charge is 2.31. The SMILES string of the molecule is COc1ccc(OC)c(S(=O)(=O)N2CCN(c3cc(-n4cccc4)ncn3)CC2)c1. The Hall–Kier alpha value is -3.11. The van der Waals surface area contributed by atoms with Gasteiger partial charge in [0, 0.05) is 50.7 Å². The molecule has 1 aromatic carbocycles. The van der Waals surface area contributed by atoms with Gasteiger partial charge in [-0.15, -0.1) is 0 Å². The fraction of sp³-hybridized carbons (Fsp3) is 0.300. The molecule has 2 aromatic heterocycles. The number of aromatic nitrogens is 3. The molecule has 0 amide bonds. The van der Waals surface area contributed by atoms with Crippen LogP contribution in [0.3, 0.4) is 0 Å². The largest absolute Gasteiger partial charge is 0.497 e. The standard InChI is InChI=1S/C20H23N5O4S/c1-28-16-5-6-17(29-2)18(13-16)30(26,27)25-11-9-24(10-12-25)20-14-19(21-15-22-20)23-7-3-4-8-23/h3-8,13-15H,9-12H2,1-2H3. The molecule has 3 aromatic rings. The fourth-order valence-corrected chi connectivity index (χ4v) is 5.01. The minimum atomic E-state index is -3.72. The second kappa shape index (κ2) is 8.33. The third-order valence-electron chi connectivity index (χ3n) is 5.06. The van der Waals surface area contributed by atoms with E-state index in [-0.39, 0.29) is 4.90 Å². The second-order valence-corrected chi connectivity index (χ2v) is 8.64. The summed E-state index contributed by atoms with van der Waals surface area (Å²) in [6, 6.07) is 10.5. The maximum Gasteiger partial charge on any atom is 0.247 e. The summed E-state index contributed by atoms with van der Waals surface area (Å²) in [5.41, 5.74) is 0. The minimum Gasteiger partial charge on any atom is -0.497 e. The second-order valence-electron chi connectivity index (χ2n) is 6.73. The molecule has 0 bridgehead atoms. The normalized spacial score (nSPS) is 15.2. The van der Waals surface area contributed by atoms with Gasteiger partial charge in [-0.05, 0) is 24.3 Å². The van der Waals surface area contributed by atoms with Crippen LogP contribution in [0, 0.1) is 0 Å². The highest BCUT2D eigenvalue weighted by molar-refractivity contribution is 7.89. The predicted molar refractivity (Wildman–Crippen MR) is 112 cm³/mol. The van der Waals surface area contributed by atoms with Gasteiger partial charge in [-0.2, -0.15) is 4.31 Å². The lowest BCUT2D eigenvalue weighted by Crippen LogP contribution is -2.49. The smallest absolute Gasteiger partial charge is 0.247 e. The fourth-order valence-electron chi connectivity index (χ4n) is 3.42. The molecule has 0 atom stereocenters. The first-order valence-electron chi connectivity index (χ1n) is 9.45. The number of benzene rings is 1. The number of ether oxygens (including phenoxy) is 2. The van der Waals surface area contributed by atoms with Gasteiger partial charge in [0.25, 0.3) is 0 Å². The number of piperazine rings is 1. The Balaban J connectivity index is 1.52. The van der Waals surface area contributed by atoms with Gasteiger partial charge in [-0.3, -0.25) is 0 Å². The van der Waals surface area contributed by atoms with E-state index >= 15 is 0 Å². The van der Waals surface area contributed by atoms with Gasteiger partial charge in [-0.25, -0.2) is 18.4 Å². The summed E-state index contributed by atoms with van der Waals surface area (Å²) in [6.45, 7) is 1.72. The number of anilines is 1. The first-order chi connectivity index (χ1) is 14.5. The number of hydrogen-bond acceptors (Lipinski definition) is 7. The van der Waals surface area contributed by atoms with E-state index in [2.05, 4.69) is 14.9 Å². The molecule has 0 radical (unpaired) electrons. The molecule has 0 saturated carbocycles. The van der Waals surface area contributed by atoms with Crippen molar-refractivity contribution in [2.24, 2.45) is 0 Å². The van der Waals surface area contributed by atoms with Crippen LogP contribution < -0.4 is 14.4 Å². The Kier molecular flexibility index (Phi) is 5.60. The van der Waals surface area contributed by atoms with Crippen LogP contribution in [0.2, 0.25) is 0 Å². The third-order valence-corrected chi connectivity index (χ3v) is 6.98. The summed E-state index contributed by atoms with van der Waals surface area (Å²) >= 11 is 0. The lowest BCUT2D eigenvalue weighted by Gasteiger charge is -2.34. The zero-order valence-electron chi connectivity index (χ0n) is 16.8. The Morgan fingerprint density at radius 1 is 0.900 bits per heavy atom. The van der Waals surface area contributed by atoms with Crippen molar-refractivity contribution in [3.05, 3.63) is 55.1 Å². The highest BCUT2D eigenvalue weighted by atomic mass is 32.2. The number of hydrogen-bond donors (Lipinski definition) is 0. The molecule has 158 valence electrons. The van der Waals surface area contributed by atoms with Crippen molar-refractivity contribution in [2.75, 3.05) is 45.3 Å².